The Kier molecular flexibility index (Phi) is 3.23. The molecule has 0 aromatic carbocycles. The first-order chi connectivity index (χ1) is 9.57. The van der Waals surface area contributed by atoms with Crippen LogP contribution in [0.2, 0.25) is 0 Å². The molecule has 0 saturated heterocycles. The number of furan rings is 1. The van der Waals surface area contributed by atoms with Crippen LogP contribution in [-0.2, 0) is 16.6 Å². The van der Waals surface area contributed by atoms with E-state index in [1.807, 2.05) is 0 Å². The van der Waals surface area contributed by atoms with Crippen LogP contribution in [0.4, 0.5) is 5.82 Å². The zero-order chi connectivity index (χ0) is 14.2. The standard InChI is InChI=1S/C13H15N3O3S/c14-13-6-5-12(8-15-13)20(17,18)16(10-3-4-10)9-11-2-1-7-19-11/h1-2,5-8,10H,3-4,9H2,(H2,14,15). The van der Waals surface area contributed by atoms with Crippen molar-refractivity contribution in [3.8, 4) is 0 Å². The van der Waals surface area contributed by atoms with Gasteiger partial charge in [-0.1, -0.05) is 0 Å². The lowest BCUT2D eigenvalue weighted by atomic mass is 10.4. The Hall–Kier alpha value is -1.86. The van der Waals surface area contributed by atoms with E-state index in [2.05, 4.69) is 4.98 Å². The van der Waals surface area contributed by atoms with Crippen molar-refractivity contribution in [1.29, 1.82) is 0 Å². The summed E-state index contributed by atoms with van der Waals surface area (Å²) in [5, 5.41) is 0. The van der Waals surface area contributed by atoms with Crippen molar-refractivity contribution in [3.63, 3.8) is 0 Å². The molecule has 1 aliphatic rings. The van der Waals surface area contributed by atoms with Crippen LogP contribution in [0, 0.1) is 0 Å². The quantitative estimate of drug-likeness (QED) is 0.904. The summed E-state index contributed by atoms with van der Waals surface area (Å²) < 4.78 is 32.0. The zero-order valence-corrected chi connectivity index (χ0v) is 11.6. The number of aromatic nitrogens is 1. The van der Waals surface area contributed by atoms with E-state index < -0.39 is 10.0 Å². The van der Waals surface area contributed by atoms with E-state index in [9.17, 15) is 8.42 Å². The second kappa shape index (κ2) is 4.92. The molecule has 3 rings (SSSR count). The molecule has 1 fully saturated rings. The number of nitrogens with zero attached hydrogens (tertiary/aromatic N) is 2. The second-order valence-corrected chi connectivity index (χ2v) is 6.67. The average Bonchev–Trinajstić information content (AvgIpc) is 3.12. The Morgan fingerprint density at radius 1 is 1.35 bits per heavy atom. The molecule has 0 aliphatic heterocycles. The molecule has 1 aliphatic carbocycles. The summed E-state index contributed by atoms with van der Waals surface area (Å²) in [6, 6.07) is 6.53. The maximum Gasteiger partial charge on any atom is 0.245 e. The fourth-order valence-electron chi connectivity index (χ4n) is 2.01. The molecule has 0 atom stereocenters. The van der Waals surface area contributed by atoms with E-state index in [0.717, 1.165) is 12.8 Å². The minimum Gasteiger partial charge on any atom is -0.468 e. The number of pyridine rings is 1. The molecular formula is C13H15N3O3S. The Morgan fingerprint density at radius 2 is 2.15 bits per heavy atom. The zero-order valence-electron chi connectivity index (χ0n) is 10.8. The molecule has 2 N–H and O–H groups in total. The van der Waals surface area contributed by atoms with Crippen molar-refractivity contribution in [1.82, 2.24) is 9.29 Å². The van der Waals surface area contributed by atoms with E-state index in [-0.39, 0.29) is 17.5 Å². The van der Waals surface area contributed by atoms with E-state index in [0.29, 0.717) is 11.6 Å². The van der Waals surface area contributed by atoms with Crippen LogP contribution in [0.15, 0.2) is 46.0 Å². The molecule has 0 bridgehead atoms. The highest BCUT2D eigenvalue weighted by Gasteiger charge is 2.38. The summed E-state index contributed by atoms with van der Waals surface area (Å²) in [5.41, 5.74) is 5.49. The molecule has 2 aromatic rings. The minimum atomic E-state index is -3.58. The maximum absolute atomic E-state index is 12.7. The van der Waals surface area contributed by atoms with Gasteiger partial charge in [-0.25, -0.2) is 13.4 Å². The first kappa shape index (κ1) is 13.1. The molecule has 0 amide bonds. The topological polar surface area (TPSA) is 89.4 Å². The summed E-state index contributed by atoms with van der Waals surface area (Å²) in [7, 11) is -3.58. The fraction of sp³-hybridized carbons (Fsp3) is 0.308. The number of hydrogen-bond donors (Lipinski definition) is 1. The highest BCUT2D eigenvalue weighted by Crippen LogP contribution is 2.33. The van der Waals surface area contributed by atoms with Crippen molar-refractivity contribution in [2.45, 2.75) is 30.3 Å². The lowest BCUT2D eigenvalue weighted by Gasteiger charge is -2.20. The molecule has 1 saturated carbocycles. The Labute approximate surface area is 117 Å². The Morgan fingerprint density at radius 3 is 2.70 bits per heavy atom. The molecule has 0 spiro atoms. The van der Waals surface area contributed by atoms with Gasteiger partial charge in [0.15, 0.2) is 0 Å². The molecular weight excluding hydrogens is 278 g/mol. The van der Waals surface area contributed by atoms with Gasteiger partial charge in [-0.3, -0.25) is 0 Å². The van der Waals surface area contributed by atoms with Gasteiger partial charge >= 0.3 is 0 Å². The predicted octanol–water partition coefficient (Wildman–Crippen LogP) is 1.61. The number of rotatable bonds is 5. The van der Waals surface area contributed by atoms with Crippen LogP contribution < -0.4 is 5.73 Å². The van der Waals surface area contributed by atoms with Gasteiger partial charge in [0, 0.05) is 12.2 Å². The highest BCUT2D eigenvalue weighted by atomic mass is 32.2. The van der Waals surface area contributed by atoms with Crippen molar-refractivity contribution in [3.05, 3.63) is 42.5 Å². The summed E-state index contributed by atoms with van der Waals surface area (Å²) >= 11 is 0. The number of sulfonamides is 1. The molecule has 2 heterocycles. The van der Waals surface area contributed by atoms with Gasteiger partial charge in [0.1, 0.15) is 16.5 Å². The van der Waals surface area contributed by atoms with Crippen LogP contribution in [0.3, 0.4) is 0 Å². The molecule has 2 aromatic heterocycles. The van der Waals surface area contributed by atoms with Crippen molar-refractivity contribution < 1.29 is 12.8 Å². The average molecular weight is 293 g/mol. The van der Waals surface area contributed by atoms with Crippen LogP contribution in [0.1, 0.15) is 18.6 Å². The third-order valence-corrected chi connectivity index (χ3v) is 5.09. The van der Waals surface area contributed by atoms with Gasteiger partial charge < -0.3 is 10.2 Å². The molecule has 20 heavy (non-hydrogen) atoms. The van der Waals surface area contributed by atoms with Gasteiger partial charge in [-0.05, 0) is 37.1 Å². The fourth-order valence-corrected chi connectivity index (χ4v) is 3.61. The Bertz CT molecular complexity index is 676. The van der Waals surface area contributed by atoms with Gasteiger partial charge in [0.05, 0.1) is 12.8 Å². The lowest BCUT2D eigenvalue weighted by Crippen LogP contribution is -2.32. The largest absolute Gasteiger partial charge is 0.468 e. The van der Waals surface area contributed by atoms with Gasteiger partial charge in [-0.2, -0.15) is 4.31 Å². The monoisotopic (exact) mass is 293 g/mol. The van der Waals surface area contributed by atoms with Gasteiger partial charge in [0.25, 0.3) is 0 Å². The third kappa shape index (κ3) is 2.54. The second-order valence-electron chi connectivity index (χ2n) is 4.78. The SMILES string of the molecule is Nc1ccc(S(=O)(=O)N(Cc2ccco2)C2CC2)cn1. The molecule has 106 valence electrons. The van der Waals surface area contributed by atoms with Gasteiger partial charge in [-0.15, -0.1) is 0 Å². The van der Waals surface area contributed by atoms with E-state index in [4.69, 9.17) is 10.2 Å². The minimum absolute atomic E-state index is 0.0441. The molecule has 0 radical (unpaired) electrons. The van der Waals surface area contributed by atoms with Crippen LogP contribution in [0.25, 0.3) is 0 Å². The van der Waals surface area contributed by atoms with Crippen LogP contribution >= 0.6 is 0 Å². The van der Waals surface area contributed by atoms with Crippen molar-refractivity contribution in [2.75, 3.05) is 5.73 Å². The molecule has 0 unspecified atom stereocenters. The smallest absolute Gasteiger partial charge is 0.245 e. The summed E-state index contributed by atoms with van der Waals surface area (Å²) in [4.78, 5) is 4.01. The van der Waals surface area contributed by atoms with Crippen LogP contribution in [0.5, 0.6) is 0 Å². The van der Waals surface area contributed by atoms with Crippen molar-refractivity contribution >= 4 is 15.8 Å². The van der Waals surface area contributed by atoms with Gasteiger partial charge in [0.2, 0.25) is 10.0 Å². The Balaban J connectivity index is 1.91. The highest BCUT2D eigenvalue weighted by molar-refractivity contribution is 7.89. The summed E-state index contributed by atoms with van der Waals surface area (Å²) in [6.45, 7) is 0.240. The number of nitrogens with two attached hydrogens (primary N) is 1. The normalized spacial score (nSPS) is 15.7. The number of hydrogen-bond acceptors (Lipinski definition) is 5. The number of anilines is 1. The van der Waals surface area contributed by atoms with Crippen LogP contribution in [-0.4, -0.2) is 23.7 Å². The molecule has 6 nitrogen and oxygen atoms in total. The maximum atomic E-state index is 12.7. The third-order valence-electron chi connectivity index (χ3n) is 3.21. The van der Waals surface area contributed by atoms with E-state index in [1.165, 1.54) is 28.9 Å². The predicted molar refractivity (Wildman–Crippen MR) is 73.1 cm³/mol. The number of nitrogen functional groups attached to an aromatic ring is 1. The lowest BCUT2D eigenvalue weighted by molar-refractivity contribution is 0.356. The summed E-state index contributed by atoms with van der Waals surface area (Å²) in [5.74, 6) is 0.928. The summed E-state index contributed by atoms with van der Waals surface area (Å²) in [6.07, 6.45) is 4.59. The van der Waals surface area contributed by atoms with E-state index >= 15 is 0 Å². The first-order valence-electron chi connectivity index (χ1n) is 6.33. The van der Waals surface area contributed by atoms with E-state index in [1.54, 1.807) is 12.1 Å². The van der Waals surface area contributed by atoms with Crippen molar-refractivity contribution in [2.24, 2.45) is 0 Å². The molecule has 7 heteroatoms. The first-order valence-corrected chi connectivity index (χ1v) is 7.77.